The molecule has 1 N–H and O–H groups in total. The van der Waals surface area contributed by atoms with E-state index in [0.29, 0.717) is 29.6 Å². The first-order valence-electron chi connectivity index (χ1n) is 7.43. The highest BCUT2D eigenvalue weighted by Crippen LogP contribution is 2.49. The van der Waals surface area contributed by atoms with Crippen LogP contribution >= 0.6 is 23.2 Å². The largest absolute Gasteiger partial charge is 0.481 e. The molecule has 1 saturated heterocycles. The van der Waals surface area contributed by atoms with Crippen molar-refractivity contribution in [2.45, 2.75) is 25.2 Å². The number of hydrogen-bond acceptors (Lipinski definition) is 2. The van der Waals surface area contributed by atoms with Crippen LogP contribution in [0.2, 0.25) is 10.0 Å². The number of halogens is 2. The smallest absolute Gasteiger partial charge is 0.308 e. The highest BCUT2D eigenvalue weighted by Gasteiger charge is 2.46. The number of benzene rings is 1. The lowest BCUT2D eigenvalue weighted by Crippen LogP contribution is -2.43. The van der Waals surface area contributed by atoms with E-state index in [2.05, 4.69) is 0 Å². The molecule has 22 heavy (non-hydrogen) atoms. The summed E-state index contributed by atoms with van der Waals surface area (Å²) in [5, 5.41) is 10.3. The number of carboxylic acid groups (broad SMARTS) is 1. The van der Waals surface area contributed by atoms with Crippen molar-refractivity contribution in [3.05, 3.63) is 33.8 Å². The van der Waals surface area contributed by atoms with Gasteiger partial charge in [0.25, 0.3) is 0 Å². The maximum Gasteiger partial charge on any atom is 0.308 e. The van der Waals surface area contributed by atoms with Gasteiger partial charge in [0.2, 0.25) is 5.91 Å². The topological polar surface area (TPSA) is 57.6 Å². The average Bonchev–Trinajstić information content (AvgIpc) is 3.26. The molecule has 118 valence electrons. The monoisotopic (exact) mass is 341 g/mol. The van der Waals surface area contributed by atoms with Crippen LogP contribution in [-0.4, -0.2) is 35.0 Å². The zero-order valence-electron chi connectivity index (χ0n) is 12.0. The van der Waals surface area contributed by atoms with E-state index in [4.69, 9.17) is 28.3 Å². The van der Waals surface area contributed by atoms with Crippen LogP contribution in [0, 0.1) is 11.8 Å². The number of amides is 1. The van der Waals surface area contributed by atoms with Crippen LogP contribution in [0.15, 0.2) is 18.2 Å². The first-order chi connectivity index (χ1) is 10.5. The summed E-state index contributed by atoms with van der Waals surface area (Å²) in [6.07, 6.45) is 2.18. The van der Waals surface area contributed by atoms with Gasteiger partial charge >= 0.3 is 5.97 Å². The predicted octanol–water partition coefficient (Wildman–Crippen LogP) is 3.42. The molecule has 1 aromatic rings. The summed E-state index contributed by atoms with van der Waals surface area (Å²) in [4.78, 5) is 25.4. The van der Waals surface area contributed by atoms with Crippen LogP contribution in [0.3, 0.4) is 0 Å². The molecule has 2 aliphatic rings. The van der Waals surface area contributed by atoms with E-state index in [-0.39, 0.29) is 17.7 Å². The third-order valence-electron chi connectivity index (χ3n) is 4.50. The molecule has 0 radical (unpaired) electrons. The maximum absolute atomic E-state index is 12.5. The number of hydrogen-bond donors (Lipinski definition) is 1. The Bertz CT molecular complexity index is 599. The highest BCUT2D eigenvalue weighted by atomic mass is 35.5. The van der Waals surface area contributed by atoms with E-state index in [1.165, 1.54) is 0 Å². The molecule has 3 rings (SSSR count). The van der Waals surface area contributed by atoms with E-state index < -0.39 is 11.9 Å². The number of rotatable bonds is 3. The van der Waals surface area contributed by atoms with E-state index in [9.17, 15) is 9.59 Å². The van der Waals surface area contributed by atoms with Crippen LogP contribution in [0.1, 0.15) is 30.7 Å². The van der Waals surface area contributed by atoms with Crippen molar-refractivity contribution >= 4 is 35.1 Å². The van der Waals surface area contributed by atoms with Crippen LogP contribution < -0.4 is 0 Å². The lowest BCUT2D eigenvalue weighted by Gasteiger charge is -2.31. The summed E-state index contributed by atoms with van der Waals surface area (Å²) in [6.45, 7) is 0.982. The Morgan fingerprint density at radius 1 is 1.18 bits per heavy atom. The SMILES string of the molecule is O=C(O)C1CCCN(C(=O)C2CC2c2cc(Cl)cc(Cl)c2)C1. The van der Waals surface area contributed by atoms with Crippen molar-refractivity contribution in [3.63, 3.8) is 0 Å². The molecule has 3 atom stereocenters. The Morgan fingerprint density at radius 3 is 2.50 bits per heavy atom. The standard InChI is InChI=1S/C16H17Cl2NO3/c17-11-4-10(5-12(18)6-11)13-7-14(13)15(20)19-3-1-2-9(8-19)16(21)22/h4-6,9,13-14H,1-3,7-8H2,(H,21,22). The number of likely N-dealkylation sites (tertiary alicyclic amines) is 1. The molecular formula is C16H17Cl2NO3. The first kappa shape index (κ1) is 15.6. The Labute approximate surface area is 139 Å². The molecule has 2 fully saturated rings. The molecule has 0 spiro atoms. The van der Waals surface area contributed by atoms with Crippen LogP contribution in [-0.2, 0) is 9.59 Å². The van der Waals surface area contributed by atoms with Crippen LogP contribution in [0.5, 0.6) is 0 Å². The fraction of sp³-hybridized carbons (Fsp3) is 0.500. The van der Waals surface area contributed by atoms with E-state index in [1.54, 1.807) is 11.0 Å². The number of carbonyl (C=O) groups excluding carboxylic acids is 1. The van der Waals surface area contributed by atoms with Gasteiger partial charge in [-0.05, 0) is 48.9 Å². The second-order valence-corrected chi connectivity index (χ2v) is 6.99. The Hall–Kier alpha value is -1.26. The average molecular weight is 342 g/mol. The van der Waals surface area contributed by atoms with Crippen molar-refractivity contribution in [3.8, 4) is 0 Å². The predicted molar refractivity (Wildman–Crippen MR) is 84.2 cm³/mol. The molecule has 3 unspecified atom stereocenters. The van der Waals surface area contributed by atoms with Crippen molar-refractivity contribution in [1.29, 1.82) is 0 Å². The minimum atomic E-state index is -0.813. The van der Waals surface area contributed by atoms with E-state index >= 15 is 0 Å². The molecular weight excluding hydrogens is 325 g/mol. The number of nitrogens with zero attached hydrogens (tertiary/aromatic N) is 1. The van der Waals surface area contributed by atoms with Gasteiger partial charge in [0.1, 0.15) is 0 Å². The molecule has 1 heterocycles. The van der Waals surface area contributed by atoms with Gasteiger partial charge in [-0.2, -0.15) is 0 Å². The number of aliphatic carboxylic acids is 1. The third-order valence-corrected chi connectivity index (χ3v) is 4.94. The zero-order valence-corrected chi connectivity index (χ0v) is 13.5. The normalized spacial score (nSPS) is 27.5. The molecule has 1 aliphatic carbocycles. The van der Waals surface area contributed by atoms with Crippen LogP contribution in [0.4, 0.5) is 0 Å². The minimum Gasteiger partial charge on any atom is -0.481 e. The Balaban J connectivity index is 1.66. The Kier molecular flexibility index (Phi) is 4.33. The van der Waals surface area contributed by atoms with Gasteiger partial charge in [-0.3, -0.25) is 9.59 Å². The van der Waals surface area contributed by atoms with Gasteiger partial charge in [0.15, 0.2) is 0 Å². The number of carboxylic acids is 1. The van der Waals surface area contributed by atoms with Crippen molar-refractivity contribution < 1.29 is 14.7 Å². The van der Waals surface area contributed by atoms with Gasteiger partial charge < -0.3 is 10.0 Å². The van der Waals surface area contributed by atoms with Gasteiger partial charge in [0, 0.05) is 29.1 Å². The third kappa shape index (κ3) is 3.23. The summed E-state index contributed by atoms with van der Waals surface area (Å²) >= 11 is 12.0. The summed E-state index contributed by atoms with van der Waals surface area (Å²) in [6, 6.07) is 5.37. The maximum atomic E-state index is 12.5. The lowest BCUT2D eigenvalue weighted by molar-refractivity contribution is -0.146. The molecule has 4 nitrogen and oxygen atoms in total. The molecule has 6 heteroatoms. The molecule has 1 aromatic carbocycles. The second-order valence-electron chi connectivity index (χ2n) is 6.11. The van der Waals surface area contributed by atoms with Crippen molar-refractivity contribution in [2.24, 2.45) is 11.8 Å². The van der Waals surface area contributed by atoms with Crippen molar-refractivity contribution in [1.82, 2.24) is 4.90 Å². The van der Waals surface area contributed by atoms with Gasteiger partial charge in [-0.25, -0.2) is 0 Å². The fourth-order valence-corrected chi connectivity index (χ4v) is 3.78. The fourth-order valence-electron chi connectivity index (χ4n) is 3.24. The first-order valence-corrected chi connectivity index (χ1v) is 8.19. The highest BCUT2D eigenvalue weighted by molar-refractivity contribution is 6.34. The quantitative estimate of drug-likeness (QED) is 0.916. The zero-order chi connectivity index (χ0) is 15.9. The summed E-state index contributed by atoms with van der Waals surface area (Å²) in [5.74, 6) is -1.11. The van der Waals surface area contributed by atoms with E-state index in [1.807, 2.05) is 12.1 Å². The summed E-state index contributed by atoms with van der Waals surface area (Å²) < 4.78 is 0. The number of carbonyl (C=O) groups is 2. The molecule has 1 saturated carbocycles. The van der Waals surface area contributed by atoms with Crippen molar-refractivity contribution in [2.75, 3.05) is 13.1 Å². The lowest BCUT2D eigenvalue weighted by atomic mass is 9.97. The summed E-state index contributed by atoms with van der Waals surface area (Å²) in [5.41, 5.74) is 0.989. The Morgan fingerprint density at radius 2 is 1.86 bits per heavy atom. The molecule has 1 amide bonds. The molecule has 1 aliphatic heterocycles. The van der Waals surface area contributed by atoms with Gasteiger partial charge in [-0.15, -0.1) is 0 Å². The minimum absolute atomic E-state index is 0.0621. The van der Waals surface area contributed by atoms with Crippen LogP contribution in [0.25, 0.3) is 0 Å². The molecule has 0 bridgehead atoms. The second kappa shape index (κ2) is 6.09. The summed E-state index contributed by atoms with van der Waals surface area (Å²) in [7, 11) is 0. The number of piperidine rings is 1. The van der Waals surface area contributed by atoms with E-state index in [0.717, 1.165) is 18.4 Å². The molecule has 0 aromatic heterocycles. The van der Waals surface area contributed by atoms with Gasteiger partial charge in [0.05, 0.1) is 5.92 Å². The van der Waals surface area contributed by atoms with Gasteiger partial charge in [-0.1, -0.05) is 23.2 Å².